The second-order valence-electron chi connectivity index (χ2n) is 4.80. The van der Waals surface area contributed by atoms with Gasteiger partial charge >= 0.3 is 0 Å². The molecule has 1 aromatic carbocycles. The van der Waals surface area contributed by atoms with E-state index in [1.807, 2.05) is 7.05 Å². The number of nitrogens with zero attached hydrogens (tertiary/aromatic N) is 1. The van der Waals surface area contributed by atoms with Crippen LogP contribution in [0.15, 0.2) is 24.3 Å². The molecular formula is C14H22FNO2. The number of hydrogen-bond donors (Lipinski definition) is 2. The molecule has 2 atom stereocenters. The Balaban J connectivity index is 2.34. The molecule has 0 aliphatic carbocycles. The molecule has 2 N–H and O–H groups in total. The Morgan fingerprint density at radius 1 is 1.22 bits per heavy atom. The number of halogens is 1. The quantitative estimate of drug-likeness (QED) is 0.782. The number of benzene rings is 1. The Morgan fingerprint density at radius 2 is 1.89 bits per heavy atom. The van der Waals surface area contributed by atoms with Crippen molar-refractivity contribution in [3.63, 3.8) is 0 Å². The van der Waals surface area contributed by atoms with Crippen LogP contribution in [0.4, 0.5) is 4.39 Å². The molecular weight excluding hydrogens is 233 g/mol. The van der Waals surface area contributed by atoms with Crippen LogP contribution in [-0.2, 0) is 0 Å². The van der Waals surface area contributed by atoms with Crippen LogP contribution in [0, 0.1) is 5.82 Å². The van der Waals surface area contributed by atoms with Gasteiger partial charge in [0.1, 0.15) is 5.82 Å². The summed E-state index contributed by atoms with van der Waals surface area (Å²) in [6.45, 7) is 3.26. The summed E-state index contributed by atoms with van der Waals surface area (Å²) in [4.78, 5) is 2.05. The molecule has 1 rings (SSSR count). The third kappa shape index (κ3) is 5.58. The van der Waals surface area contributed by atoms with Crippen LogP contribution in [0.3, 0.4) is 0 Å². The van der Waals surface area contributed by atoms with E-state index >= 15 is 0 Å². The molecule has 0 bridgehead atoms. The van der Waals surface area contributed by atoms with E-state index in [0.29, 0.717) is 24.9 Å². The SMILES string of the molecule is CC(O)CCN(C)CCC(O)c1cccc(F)c1. The summed E-state index contributed by atoms with van der Waals surface area (Å²) in [6, 6.07) is 6.06. The van der Waals surface area contributed by atoms with Crippen molar-refractivity contribution in [3.05, 3.63) is 35.6 Å². The fourth-order valence-corrected chi connectivity index (χ4v) is 1.74. The van der Waals surface area contributed by atoms with Crippen LogP contribution < -0.4 is 0 Å². The van der Waals surface area contributed by atoms with Crippen LogP contribution >= 0.6 is 0 Å². The lowest BCUT2D eigenvalue weighted by molar-refractivity contribution is 0.135. The molecule has 18 heavy (non-hydrogen) atoms. The van der Waals surface area contributed by atoms with Crippen molar-refractivity contribution < 1.29 is 14.6 Å². The van der Waals surface area contributed by atoms with Gasteiger partial charge in [0.2, 0.25) is 0 Å². The maximum atomic E-state index is 13.0. The van der Waals surface area contributed by atoms with E-state index < -0.39 is 6.10 Å². The molecule has 0 saturated heterocycles. The highest BCUT2D eigenvalue weighted by molar-refractivity contribution is 5.18. The Kier molecular flexibility index (Phi) is 6.25. The van der Waals surface area contributed by atoms with Crippen LogP contribution in [0.2, 0.25) is 0 Å². The van der Waals surface area contributed by atoms with Gasteiger partial charge in [-0.1, -0.05) is 12.1 Å². The highest BCUT2D eigenvalue weighted by Crippen LogP contribution is 2.17. The maximum Gasteiger partial charge on any atom is 0.123 e. The summed E-state index contributed by atoms with van der Waals surface area (Å²) >= 11 is 0. The number of aliphatic hydroxyl groups excluding tert-OH is 2. The van der Waals surface area contributed by atoms with Gasteiger partial charge in [0.15, 0.2) is 0 Å². The Morgan fingerprint density at radius 3 is 2.50 bits per heavy atom. The first-order valence-corrected chi connectivity index (χ1v) is 6.29. The Bertz CT molecular complexity index is 357. The largest absolute Gasteiger partial charge is 0.393 e. The van der Waals surface area contributed by atoms with Crippen molar-refractivity contribution >= 4 is 0 Å². The van der Waals surface area contributed by atoms with E-state index in [2.05, 4.69) is 4.90 Å². The second-order valence-corrected chi connectivity index (χ2v) is 4.80. The normalized spacial score (nSPS) is 14.8. The highest BCUT2D eigenvalue weighted by atomic mass is 19.1. The van der Waals surface area contributed by atoms with E-state index in [4.69, 9.17) is 5.11 Å². The average molecular weight is 255 g/mol. The standard InChI is InChI=1S/C14H22FNO2/c1-11(17)6-8-16(2)9-7-14(18)12-4-3-5-13(15)10-12/h3-5,10-11,14,17-18H,6-9H2,1-2H3. The predicted molar refractivity (Wildman–Crippen MR) is 69.8 cm³/mol. The van der Waals surface area contributed by atoms with Gasteiger partial charge in [-0.25, -0.2) is 4.39 Å². The maximum absolute atomic E-state index is 13.0. The zero-order valence-electron chi connectivity index (χ0n) is 11.0. The van der Waals surface area contributed by atoms with E-state index in [1.54, 1.807) is 19.1 Å². The van der Waals surface area contributed by atoms with Crippen molar-refractivity contribution in [2.45, 2.75) is 32.0 Å². The third-order valence-corrected chi connectivity index (χ3v) is 2.95. The van der Waals surface area contributed by atoms with Crippen molar-refractivity contribution in [1.29, 1.82) is 0 Å². The molecule has 3 nitrogen and oxygen atoms in total. The summed E-state index contributed by atoms with van der Waals surface area (Å²) in [5.74, 6) is -0.325. The summed E-state index contributed by atoms with van der Waals surface area (Å²) in [7, 11) is 1.95. The van der Waals surface area contributed by atoms with Gasteiger partial charge in [0, 0.05) is 13.1 Å². The summed E-state index contributed by atoms with van der Waals surface area (Å²) in [5.41, 5.74) is 0.610. The fraction of sp³-hybridized carbons (Fsp3) is 0.571. The smallest absolute Gasteiger partial charge is 0.123 e. The minimum Gasteiger partial charge on any atom is -0.393 e. The van der Waals surface area contributed by atoms with Crippen molar-refractivity contribution in [1.82, 2.24) is 4.90 Å². The molecule has 0 radical (unpaired) electrons. The monoisotopic (exact) mass is 255 g/mol. The van der Waals surface area contributed by atoms with Gasteiger partial charge in [-0.3, -0.25) is 0 Å². The minimum absolute atomic E-state index is 0.305. The van der Waals surface area contributed by atoms with Crippen LogP contribution in [0.25, 0.3) is 0 Å². The third-order valence-electron chi connectivity index (χ3n) is 2.95. The molecule has 102 valence electrons. The van der Waals surface area contributed by atoms with Gasteiger partial charge in [-0.2, -0.15) is 0 Å². The first kappa shape index (κ1) is 15.1. The molecule has 1 aromatic rings. The molecule has 0 aromatic heterocycles. The molecule has 0 fully saturated rings. The average Bonchev–Trinajstić information content (AvgIpc) is 2.33. The van der Waals surface area contributed by atoms with Crippen molar-refractivity contribution in [2.24, 2.45) is 0 Å². The molecule has 0 saturated carbocycles. The first-order chi connectivity index (χ1) is 8.49. The molecule has 0 amide bonds. The number of hydrogen-bond acceptors (Lipinski definition) is 3. The van der Waals surface area contributed by atoms with Crippen LogP contribution in [0.1, 0.15) is 31.4 Å². The van der Waals surface area contributed by atoms with Gasteiger partial charge < -0.3 is 15.1 Å². The minimum atomic E-state index is -0.644. The van der Waals surface area contributed by atoms with Crippen LogP contribution in [0.5, 0.6) is 0 Å². The number of rotatable bonds is 7. The summed E-state index contributed by atoms with van der Waals surface area (Å²) < 4.78 is 13.0. The van der Waals surface area contributed by atoms with E-state index in [9.17, 15) is 9.50 Å². The first-order valence-electron chi connectivity index (χ1n) is 6.29. The Hall–Kier alpha value is -0.970. The summed E-state index contributed by atoms with van der Waals surface area (Å²) in [5, 5.41) is 19.1. The van der Waals surface area contributed by atoms with Gasteiger partial charge in [0.05, 0.1) is 12.2 Å². The lowest BCUT2D eigenvalue weighted by Crippen LogP contribution is -2.24. The molecule has 0 aliphatic rings. The van der Waals surface area contributed by atoms with E-state index in [1.165, 1.54) is 12.1 Å². The van der Waals surface area contributed by atoms with Gasteiger partial charge in [-0.05, 0) is 44.5 Å². The lowest BCUT2D eigenvalue weighted by Gasteiger charge is -2.19. The molecule has 0 heterocycles. The molecule has 2 unspecified atom stereocenters. The Labute approximate surface area is 108 Å². The zero-order valence-corrected chi connectivity index (χ0v) is 11.0. The van der Waals surface area contributed by atoms with Gasteiger partial charge in [0.25, 0.3) is 0 Å². The second kappa shape index (κ2) is 7.46. The molecule has 0 aliphatic heterocycles. The van der Waals surface area contributed by atoms with E-state index in [-0.39, 0.29) is 11.9 Å². The predicted octanol–water partition coefficient (Wildman–Crippen LogP) is 1.95. The lowest BCUT2D eigenvalue weighted by atomic mass is 10.1. The van der Waals surface area contributed by atoms with Gasteiger partial charge in [-0.15, -0.1) is 0 Å². The van der Waals surface area contributed by atoms with Crippen molar-refractivity contribution in [2.75, 3.05) is 20.1 Å². The summed E-state index contributed by atoms with van der Waals surface area (Å²) in [6.07, 6.45) is 0.321. The van der Waals surface area contributed by atoms with E-state index in [0.717, 1.165) is 6.54 Å². The number of aliphatic hydroxyl groups is 2. The molecule has 0 spiro atoms. The van der Waals surface area contributed by atoms with Crippen LogP contribution in [-0.4, -0.2) is 41.4 Å². The fourth-order valence-electron chi connectivity index (χ4n) is 1.74. The topological polar surface area (TPSA) is 43.7 Å². The molecule has 4 heteroatoms. The highest BCUT2D eigenvalue weighted by Gasteiger charge is 2.10. The van der Waals surface area contributed by atoms with Crippen molar-refractivity contribution in [3.8, 4) is 0 Å². The zero-order chi connectivity index (χ0) is 13.5.